The number of nitrogens with one attached hydrogen (secondary N) is 2. The Morgan fingerprint density at radius 1 is 1.00 bits per heavy atom. The van der Waals surface area contributed by atoms with Crippen molar-refractivity contribution in [3.8, 4) is 11.5 Å². The van der Waals surface area contributed by atoms with E-state index in [-0.39, 0.29) is 11.5 Å². The molecule has 0 fully saturated rings. The van der Waals surface area contributed by atoms with Crippen molar-refractivity contribution in [3.05, 3.63) is 47.8 Å². The minimum atomic E-state index is -0.414. The zero-order valence-corrected chi connectivity index (χ0v) is 15.6. The number of nitrogens with zero attached hydrogens (tertiary/aromatic N) is 1. The number of carbonyl (C=O) groups is 2. The van der Waals surface area contributed by atoms with Crippen molar-refractivity contribution in [1.82, 2.24) is 10.3 Å². The molecule has 0 aliphatic heterocycles. The lowest BCUT2D eigenvalue weighted by atomic mass is 10.1. The first kappa shape index (κ1) is 20.2. The second kappa shape index (κ2) is 10.1. The molecular weight excluding hydrogens is 350 g/mol. The van der Waals surface area contributed by atoms with Gasteiger partial charge in [0.2, 0.25) is 0 Å². The van der Waals surface area contributed by atoms with Crippen LogP contribution in [0.4, 0.5) is 5.69 Å². The highest BCUT2D eigenvalue weighted by Crippen LogP contribution is 2.29. The average Bonchev–Trinajstić information content (AvgIpc) is 2.71. The first-order valence-corrected chi connectivity index (χ1v) is 8.34. The third-order valence-corrected chi connectivity index (χ3v) is 3.73. The Bertz CT molecular complexity index is 795. The highest BCUT2D eigenvalue weighted by Gasteiger charge is 2.14. The van der Waals surface area contributed by atoms with Crippen molar-refractivity contribution in [2.24, 2.45) is 0 Å². The van der Waals surface area contributed by atoms with Gasteiger partial charge in [-0.2, -0.15) is 0 Å². The van der Waals surface area contributed by atoms with Crippen LogP contribution in [0.5, 0.6) is 11.5 Å². The van der Waals surface area contributed by atoms with Crippen LogP contribution in [0.15, 0.2) is 36.7 Å². The molecule has 27 heavy (non-hydrogen) atoms. The van der Waals surface area contributed by atoms with Gasteiger partial charge in [-0.3, -0.25) is 14.6 Å². The maximum absolute atomic E-state index is 12.6. The molecule has 1 aromatic carbocycles. The maximum Gasteiger partial charge on any atom is 0.257 e. The van der Waals surface area contributed by atoms with Crippen molar-refractivity contribution in [3.63, 3.8) is 0 Å². The Balaban J connectivity index is 2.10. The molecule has 0 saturated carbocycles. The van der Waals surface area contributed by atoms with E-state index >= 15 is 0 Å². The first-order valence-electron chi connectivity index (χ1n) is 8.34. The van der Waals surface area contributed by atoms with Crippen molar-refractivity contribution in [1.29, 1.82) is 0 Å². The molecule has 0 atom stereocenters. The molecule has 2 N–H and O–H groups in total. The predicted octanol–water partition coefficient (Wildman–Crippen LogP) is 2.12. The summed E-state index contributed by atoms with van der Waals surface area (Å²) in [4.78, 5) is 28.7. The van der Waals surface area contributed by atoms with E-state index in [9.17, 15) is 9.59 Å². The van der Waals surface area contributed by atoms with E-state index in [4.69, 9.17) is 14.2 Å². The van der Waals surface area contributed by atoms with Crippen LogP contribution < -0.4 is 20.1 Å². The minimum Gasteiger partial charge on any atom is -0.497 e. The Labute approximate surface area is 157 Å². The van der Waals surface area contributed by atoms with E-state index in [0.717, 1.165) is 0 Å². The summed E-state index contributed by atoms with van der Waals surface area (Å²) in [6, 6.07) is 6.55. The molecule has 2 aromatic rings. The maximum atomic E-state index is 12.6. The number of benzene rings is 1. The fourth-order valence-corrected chi connectivity index (χ4v) is 2.32. The van der Waals surface area contributed by atoms with E-state index in [0.29, 0.717) is 42.3 Å². The average molecular weight is 373 g/mol. The van der Waals surface area contributed by atoms with Gasteiger partial charge in [-0.15, -0.1) is 0 Å². The van der Waals surface area contributed by atoms with E-state index in [2.05, 4.69) is 15.6 Å². The molecule has 2 amide bonds. The number of hydrogen-bond acceptors (Lipinski definition) is 6. The molecule has 1 aromatic heterocycles. The lowest BCUT2D eigenvalue weighted by Crippen LogP contribution is -2.25. The smallest absolute Gasteiger partial charge is 0.257 e. The highest BCUT2D eigenvalue weighted by molar-refractivity contribution is 6.06. The van der Waals surface area contributed by atoms with Gasteiger partial charge in [0.1, 0.15) is 11.5 Å². The summed E-state index contributed by atoms with van der Waals surface area (Å²) in [7, 11) is 4.64. The first-order chi connectivity index (χ1) is 13.1. The monoisotopic (exact) mass is 373 g/mol. The topological polar surface area (TPSA) is 98.8 Å². The molecule has 0 saturated heterocycles. The second-order valence-electron chi connectivity index (χ2n) is 5.58. The quantitative estimate of drug-likeness (QED) is 0.653. The summed E-state index contributed by atoms with van der Waals surface area (Å²) in [6.07, 6.45) is 3.50. The molecule has 1 heterocycles. The molecule has 0 unspecified atom stereocenters. The number of rotatable bonds is 9. The van der Waals surface area contributed by atoms with Crippen LogP contribution in [0, 0.1) is 0 Å². The normalized spacial score (nSPS) is 10.2. The molecule has 0 bridgehead atoms. The highest BCUT2D eigenvalue weighted by atomic mass is 16.5. The largest absolute Gasteiger partial charge is 0.497 e. The third-order valence-electron chi connectivity index (χ3n) is 3.73. The van der Waals surface area contributed by atoms with Crippen molar-refractivity contribution in [2.45, 2.75) is 6.42 Å². The van der Waals surface area contributed by atoms with E-state index < -0.39 is 5.91 Å². The number of ether oxygens (including phenoxy) is 3. The van der Waals surface area contributed by atoms with Gasteiger partial charge in [0.05, 0.1) is 31.0 Å². The van der Waals surface area contributed by atoms with Gasteiger partial charge in [0, 0.05) is 38.7 Å². The molecule has 2 rings (SSSR count). The lowest BCUT2D eigenvalue weighted by Gasteiger charge is -2.12. The Morgan fingerprint density at radius 3 is 2.41 bits per heavy atom. The fraction of sp³-hybridized carbons (Fsp3) is 0.316. The van der Waals surface area contributed by atoms with E-state index in [1.165, 1.54) is 32.7 Å². The zero-order chi connectivity index (χ0) is 19.6. The molecule has 0 aliphatic carbocycles. The number of methoxy groups -OCH3 is 3. The summed E-state index contributed by atoms with van der Waals surface area (Å²) in [5.74, 6) is 0.355. The number of pyridine rings is 1. The van der Waals surface area contributed by atoms with Crippen molar-refractivity contribution < 1.29 is 23.8 Å². The van der Waals surface area contributed by atoms with Gasteiger partial charge in [0.15, 0.2) is 0 Å². The van der Waals surface area contributed by atoms with Crippen LogP contribution >= 0.6 is 0 Å². The summed E-state index contributed by atoms with van der Waals surface area (Å²) >= 11 is 0. The van der Waals surface area contributed by atoms with Gasteiger partial charge in [-0.25, -0.2) is 0 Å². The third kappa shape index (κ3) is 5.68. The summed E-state index contributed by atoms with van der Waals surface area (Å²) < 4.78 is 15.3. The molecule has 0 radical (unpaired) electrons. The van der Waals surface area contributed by atoms with Crippen molar-refractivity contribution >= 4 is 17.5 Å². The zero-order valence-electron chi connectivity index (χ0n) is 15.6. The van der Waals surface area contributed by atoms with Gasteiger partial charge in [0.25, 0.3) is 11.8 Å². The van der Waals surface area contributed by atoms with Crippen LogP contribution in [0.25, 0.3) is 0 Å². The number of carbonyl (C=O) groups excluding carboxylic acids is 2. The SMILES string of the molecule is COCCCNC(=O)c1cncc(C(=O)Nc2cc(OC)ccc2OC)c1. The Hall–Kier alpha value is -3.13. The number of hydrogen-bond donors (Lipinski definition) is 2. The molecule has 144 valence electrons. The molecule has 0 aliphatic rings. The standard InChI is InChI=1S/C19H23N3O5/c1-25-8-4-7-21-18(23)13-9-14(12-20-11-13)19(24)22-16-10-15(26-2)5-6-17(16)27-3/h5-6,9-12H,4,7-8H2,1-3H3,(H,21,23)(H,22,24). The van der Waals surface area contributed by atoms with E-state index in [1.54, 1.807) is 25.3 Å². The summed E-state index contributed by atoms with van der Waals surface area (Å²) in [6.45, 7) is 1.04. The predicted molar refractivity (Wildman–Crippen MR) is 101 cm³/mol. The van der Waals surface area contributed by atoms with Gasteiger partial charge in [-0.1, -0.05) is 0 Å². The lowest BCUT2D eigenvalue weighted by molar-refractivity contribution is 0.0948. The van der Waals surface area contributed by atoms with E-state index in [1.807, 2.05) is 0 Å². The van der Waals surface area contributed by atoms with Crippen LogP contribution in [-0.4, -0.2) is 51.3 Å². The van der Waals surface area contributed by atoms with Gasteiger partial charge < -0.3 is 24.8 Å². The van der Waals surface area contributed by atoms with Gasteiger partial charge in [-0.05, 0) is 24.6 Å². The number of anilines is 1. The molecule has 8 heteroatoms. The molecular formula is C19H23N3O5. The Morgan fingerprint density at radius 2 is 1.74 bits per heavy atom. The van der Waals surface area contributed by atoms with Crippen LogP contribution in [0.2, 0.25) is 0 Å². The number of amides is 2. The van der Waals surface area contributed by atoms with Crippen LogP contribution in [0.1, 0.15) is 27.1 Å². The van der Waals surface area contributed by atoms with Crippen LogP contribution in [0.3, 0.4) is 0 Å². The minimum absolute atomic E-state index is 0.254. The van der Waals surface area contributed by atoms with Gasteiger partial charge >= 0.3 is 0 Å². The fourth-order valence-electron chi connectivity index (χ4n) is 2.32. The molecule has 8 nitrogen and oxygen atoms in total. The molecule has 0 spiro atoms. The summed E-state index contributed by atoms with van der Waals surface area (Å²) in [5.41, 5.74) is 1.01. The second-order valence-corrected chi connectivity index (χ2v) is 5.58. The number of aromatic nitrogens is 1. The Kier molecular flexibility index (Phi) is 7.57. The van der Waals surface area contributed by atoms with Crippen LogP contribution in [-0.2, 0) is 4.74 Å². The summed E-state index contributed by atoms with van der Waals surface area (Å²) in [5, 5.41) is 5.50. The van der Waals surface area contributed by atoms with Crippen molar-refractivity contribution in [2.75, 3.05) is 39.8 Å².